The molecular formula is C74H120NO8+. The van der Waals surface area contributed by atoms with Crippen LogP contribution in [0.5, 0.6) is 0 Å². The van der Waals surface area contributed by atoms with Crippen LogP contribution in [0.1, 0.15) is 232 Å². The van der Waals surface area contributed by atoms with E-state index in [1.165, 1.54) is 57.8 Å². The summed E-state index contributed by atoms with van der Waals surface area (Å²) in [7, 11) is 5.96. The summed E-state index contributed by atoms with van der Waals surface area (Å²) in [6.45, 7) is 4.62. The third-order valence-electron chi connectivity index (χ3n) is 13.3. The van der Waals surface area contributed by atoms with Crippen LogP contribution >= 0.6 is 0 Å². The lowest BCUT2D eigenvalue weighted by atomic mass is 10.1. The molecule has 0 aliphatic heterocycles. The maximum absolute atomic E-state index is 12.9. The van der Waals surface area contributed by atoms with Crippen molar-refractivity contribution in [2.45, 2.75) is 245 Å². The second-order valence-corrected chi connectivity index (χ2v) is 22.3. The summed E-state index contributed by atoms with van der Waals surface area (Å²) in [5.74, 6) is -2.04. The number of allylic oxidation sites excluding steroid dienone is 26. The van der Waals surface area contributed by atoms with Gasteiger partial charge in [-0.25, -0.2) is 4.79 Å². The van der Waals surface area contributed by atoms with E-state index in [0.717, 1.165) is 141 Å². The van der Waals surface area contributed by atoms with E-state index in [0.29, 0.717) is 17.4 Å². The van der Waals surface area contributed by atoms with Gasteiger partial charge in [0.15, 0.2) is 6.10 Å². The van der Waals surface area contributed by atoms with Gasteiger partial charge in [0.1, 0.15) is 13.2 Å². The number of hydrogen-bond acceptors (Lipinski definition) is 7. The standard InChI is InChI=1S/C74H119NO8/c1-6-8-10-12-14-16-18-20-22-24-26-28-30-31-32-33-34-35-36-37-38-39-40-41-43-45-47-49-51-53-55-57-59-61-63-65-72(77)83-70(69-82-74(73(78)79)80-67-66-75(3,4)5)68-81-71(76)64-62-60-58-56-54-52-50-48-46-44-42-29-27-25-23-21-19-17-15-13-11-9-7-2/h8-11,14-17,20-23,26-29,31-32,34-35,37-38,40-41,45,47,70,74H,6-7,12-13,18-19,24-25,30,33,36,39,42-44,46,48-69H2,1-5H3/p+1/b10-8-,11-9-,16-14-,17-15-,22-20-,23-21-,28-26-,29-27-,32-31-,35-34-,38-37-,41-40-,47-45-. The highest BCUT2D eigenvalue weighted by molar-refractivity contribution is 5.71. The number of quaternary nitrogens is 1. The predicted octanol–water partition coefficient (Wildman–Crippen LogP) is 20.1. The van der Waals surface area contributed by atoms with E-state index in [-0.39, 0.29) is 38.6 Å². The molecule has 0 amide bonds. The third-order valence-corrected chi connectivity index (χ3v) is 13.3. The molecule has 9 nitrogen and oxygen atoms in total. The third kappa shape index (κ3) is 64.3. The first kappa shape index (κ1) is 77.9. The summed E-state index contributed by atoms with van der Waals surface area (Å²) >= 11 is 0. The van der Waals surface area contributed by atoms with Gasteiger partial charge in [0, 0.05) is 12.8 Å². The van der Waals surface area contributed by atoms with Gasteiger partial charge < -0.3 is 28.5 Å². The molecule has 0 saturated carbocycles. The summed E-state index contributed by atoms with van der Waals surface area (Å²) in [6, 6.07) is 0. The van der Waals surface area contributed by atoms with Gasteiger partial charge in [0.25, 0.3) is 6.29 Å². The maximum atomic E-state index is 12.9. The quantitative estimate of drug-likeness (QED) is 0.0211. The number of hydrogen-bond donors (Lipinski definition) is 1. The molecule has 0 aliphatic carbocycles. The maximum Gasteiger partial charge on any atom is 0.361 e. The normalized spacial score (nSPS) is 13.8. The van der Waals surface area contributed by atoms with E-state index in [1.54, 1.807) is 0 Å². The van der Waals surface area contributed by atoms with Crippen molar-refractivity contribution >= 4 is 17.9 Å². The summed E-state index contributed by atoms with van der Waals surface area (Å²) in [5.41, 5.74) is 0. The molecule has 0 radical (unpaired) electrons. The number of carbonyl (C=O) groups is 3. The molecule has 0 saturated heterocycles. The van der Waals surface area contributed by atoms with E-state index >= 15 is 0 Å². The lowest BCUT2D eigenvalue weighted by Gasteiger charge is -2.25. The molecule has 1 N–H and O–H groups in total. The minimum absolute atomic E-state index is 0.176. The molecule has 0 aliphatic rings. The second-order valence-electron chi connectivity index (χ2n) is 22.3. The van der Waals surface area contributed by atoms with Crippen LogP contribution < -0.4 is 0 Å². The zero-order chi connectivity index (χ0) is 60.5. The fourth-order valence-electron chi connectivity index (χ4n) is 8.35. The van der Waals surface area contributed by atoms with Crippen molar-refractivity contribution in [1.29, 1.82) is 0 Å². The summed E-state index contributed by atoms with van der Waals surface area (Å²) in [6.07, 6.45) is 90.4. The number of carbonyl (C=O) groups excluding carboxylic acids is 2. The van der Waals surface area contributed by atoms with Crippen molar-refractivity contribution in [1.82, 2.24) is 0 Å². The molecule has 2 unspecified atom stereocenters. The van der Waals surface area contributed by atoms with Crippen molar-refractivity contribution in [3.63, 3.8) is 0 Å². The lowest BCUT2D eigenvalue weighted by molar-refractivity contribution is -0.870. The van der Waals surface area contributed by atoms with Crippen LogP contribution in [0.25, 0.3) is 0 Å². The molecule has 2 atom stereocenters. The van der Waals surface area contributed by atoms with Crippen LogP contribution in [-0.4, -0.2) is 87.4 Å². The van der Waals surface area contributed by atoms with Crippen LogP contribution in [0.2, 0.25) is 0 Å². The zero-order valence-electron chi connectivity index (χ0n) is 53.3. The Hall–Kier alpha value is -5.09. The van der Waals surface area contributed by atoms with Crippen LogP contribution in [0.4, 0.5) is 0 Å². The van der Waals surface area contributed by atoms with Crippen LogP contribution in [-0.2, 0) is 33.3 Å². The van der Waals surface area contributed by atoms with Gasteiger partial charge in [0.2, 0.25) is 0 Å². The highest BCUT2D eigenvalue weighted by Gasteiger charge is 2.25. The Kier molecular flexibility index (Phi) is 59.1. The Balaban J connectivity index is 4.25. The fraction of sp³-hybridized carbons (Fsp3) is 0.608. The molecule has 0 rings (SSSR count). The van der Waals surface area contributed by atoms with E-state index in [9.17, 15) is 19.5 Å². The van der Waals surface area contributed by atoms with Gasteiger partial charge in [-0.3, -0.25) is 9.59 Å². The zero-order valence-corrected chi connectivity index (χ0v) is 53.3. The number of likely N-dealkylation sites (N-methyl/N-ethyl adjacent to an activating group) is 1. The van der Waals surface area contributed by atoms with Gasteiger partial charge in [-0.05, 0) is 122 Å². The average Bonchev–Trinajstić information content (AvgIpc) is 3.46. The van der Waals surface area contributed by atoms with E-state index < -0.39 is 24.3 Å². The number of nitrogens with zero attached hydrogens (tertiary/aromatic N) is 1. The smallest absolute Gasteiger partial charge is 0.361 e. The molecule has 0 aromatic rings. The first-order valence-corrected chi connectivity index (χ1v) is 32.6. The average molecular weight is 1150 g/mol. The molecular weight excluding hydrogens is 1030 g/mol. The van der Waals surface area contributed by atoms with Crippen molar-refractivity contribution in [3.8, 4) is 0 Å². The van der Waals surface area contributed by atoms with Gasteiger partial charge in [-0.1, -0.05) is 255 Å². The molecule has 0 aromatic heterocycles. The number of ether oxygens (including phenoxy) is 4. The Bertz CT molecular complexity index is 1920. The van der Waals surface area contributed by atoms with E-state index in [4.69, 9.17) is 18.9 Å². The number of esters is 2. The van der Waals surface area contributed by atoms with Crippen molar-refractivity contribution in [2.24, 2.45) is 0 Å². The van der Waals surface area contributed by atoms with Crippen molar-refractivity contribution in [2.75, 3.05) is 47.5 Å². The van der Waals surface area contributed by atoms with Crippen LogP contribution in [0.15, 0.2) is 158 Å². The summed E-state index contributed by atoms with van der Waals surface area (Å²) < 4.78 is 22.9. The fourth-order valence-corrected chi connectivity index (χ4v) is 8.35. The van der Waals surface area contributed by atoms with Crippen LogP contribution in [0, 0.1) is 0 Å². The number of rotatable bonds is 58. The second kappa shape index (κ2) is 62.9. The molecule has 83 heavy (non-hydrogen) atoms. The minimum atomic E-state index is -1.53. The van der Waals surface area contributed by atoms with Crippen LogP contribution in [0.3, 0.4) is 0 Å². The van der Waals surface area contributed by atoms with Crippen molar-refractivity contribution < 1.29 is 42.9 Å². The SMILES string of the molecule is CC/C=C\C/C=C\C/C=C\C/C=C\C/C=C\C/C=C\C/C=C\C/C=C\C/C=C\CCCCCCCCCC(=O)OC(COC(=O)CCCCCCCCCCCC/C=C\C/C=C\C/C=C\C/C=C\CC)COC(OCC[N+](C)(C)C)C(=O)O. The van der Waals surface area contributed by atoms with E-state index in [2.05, 4.69) is 172 Å². The Morgan fingerprint density at radius 2 is 0.651 bits per heavy atom. The monoisotopic (exact) mass is 1150 g/mol. The van der Waals surface area contributed by atoms with Crippen molar-refractivity contribution in [3.05, 3.63) is 158 Å². The molecule has 0 fully saturated rings. The van der Waals surface area contributed by atoms with Gasteiger partial charge in [-0.15, -0.1) is 0 Å². The Morgan fingerprint density at radius 1 is 0.361 bits per heavy atom. The molecule has 0 heterocycles. The first-order valence-electron chi connectivity index (χ1n) is 32.6. The summed E-state index contributed by atoms with van der Waals surface area (Å²) in [5, 5.41) is 9.73. The van der Waals surface area contributed by atoms with Gasteiger partial charge in [0.05, 0.1) is 34.4 Å². The minimum Gasteiger partial charge on any atom is -0.477 e. The first-order chi connectivity index (χ1) is 40.6. The number of carboxylic acid groups (broad SMARTS) is 1. The molecule has 0 aromatic carbocycles. The number of carboxylic acids is 1. The topological polar surface area (TPSA) is 108 Å². The largest absolute Gasteiger partial charge is 0.477 e. The summed E-state index contributed by atoms with van der Waals surface area (Å²) in [4.78, 5) is 37.6. The van der Waals surface area contributed by atoms with Gasteiger partial charge >= 0.3 is 17.9 Å². The molecule has 0 spiro atoms. The molecule has 468 valence electrons. The molecule has 0 bridgehead atoms. The number of aliphatic carboxylic acids is 1. The Morgan fingerprint density at radius 3 is 0.964 bits per heavy atom. The van der Waals surface area contributed by atoms with Gasteiger partial charge in [-0.2, -0.15) is 0 Å². The predicted molar refractivity (Wildman–Crippen MR) is 354 cm³/mol. The van der Waals surface area contributed by atoms with E-state index in [1.807, 2.05) is 21.1 Å². The molecule has 9 heteroatoms. The number of unbranched alkanes of at least 4 members (excludes halogenated alkanes) is 17. The lowest BCUT2D eigenvalue weighted by Crippen LogP contribution is -2.40. The highest BCUT2D eigenvalue weighted by Crippen LogP contribution is 2.15. The Labute approximate surface area is 508 Å². The highest BCUT2D eigenvalue weighted by atomic mass is 16.7.